The number of carbonyl (C=O) groups excluding carboxylic acids is 2. The molecule has 1 N–H and O–H groups in total. The number of carbonyl (C=O) groups is 2. The molecule has 2 aromatic rings. The third-order valence-electron chi connectivity index (χ3n) is 7.21. The molecule has 2 aliphatic heterocycles. The standard InChI is InChI=1S/C27H35FN4O3/c1-2-13-32-19-12-24(29-35)23-11-18-31(25(23)27(32)34)15-4-3-14-30-16-9-21(10-17-30)26(33)20-5-7-22(28)8-6-20/h5-8,11,18,21,35H,2-4,9-10,12-17,19H2,1H3. The first-order valence-electron chi connectivity index (χ1n) is 12.7. The number of rotatable bonds is 9. The molecule has 1 amide bonds. The second-order valence-electron chi connectivity index (χ2n) is 9.55. The van der Waals surface area contributed by atoms with Crippen LogP contribution in [0, 0.1) is 11.7 Å². The number of benzene rings is 1. The van der Waals surface area contributed by atoms with E-state index >= 15 is 0 Å². The molecule has 188 valence electrons. The molecule has 7 nitrogen and oxygen atoms in total. The Labute approximate surface area is 206 Å². The molecule has 1 saturated heterocycles. The Hall–Kier alpha value is -3.00. The molecule has 2 aliphatic rings. The van der Waals surface area contributed by atoms with Crippen molar-refractivity contribution in [2.45, 2.75) is 52.0 Å². The van der Waals surface area contributed by atoms with Gasteiger partial charge in [-0.3, -0.25) is 9.59 Å². The van der Waals surface area contributed by atoms with E-state index in [-0.39, 0.29) is 23.4 Å². The van der Waals surface area contributed by atoms with Crippen molar-refractivity contribution in [2.24, 2.45) is 11.1 Å². The smallest absolute Gasteiger partial charge is 0.271 e. The lowest BCUT2D eigenvalue weighted by molar-refractivity contribution is 0.0751. The molecule has 0 radical (unpaired) electrons. The topological polar surface area (TPSA) is 78.1 Å². The fourth-order valence-electron chi connectivity index (χ4n) is 5.23. The Morgan fingerprint density at radius 1 is 1.06 bits per heavy atom. The van der Waals surface area contributed by atoms with Gasteiger partial charge in [-0.25, -0.2) is 4.39 Å². The van der Waals surface area contributed by atoms with E-state index in [1.165, 1.54) is 12.1 Å². The maximum atomic E-state index is 13.2. The normalized spacial score (nSPS) is 18.6. The minimum atomic E-state index is -0.322. The lowest BCUT2D eigenvalue weighted by Crippen LogP contribution is -2.37. The number of nitrogens with zero attached hydrogens (tertiary/aromatic N) is 4. The first kappa shape index (κ1) is 25.1. The fourth-order valence-corrected chi connectivity index (χ4v) is 5.23. The van der Waals surface area contributed by atoms with E-state index in [4.69, 9.17) is 0 Å². The number of aryl methyl sites for hydroxylation is 1. The highest BCUT2D eigenvalue weighted by Crippen LogP contribution is 2.24. The summed E-state index contributed by atoms with van der Waals surface area (Å²) in [6, 6.07) is 7.73. The van der Waals surface area contributed by atoms with Crippen LogP contribution in [0.2, 0.25) is 0 Å². The van der Waals surface area contributed by atoms with Gasteiger partial charge in [0.05, 0.1) is 5.71 Å². The van der Waals surface area contributed by atoms with Gasteiger partial charge in [0.25, 0.3) is 5.91 Å². The van der Waals surface area contributed by atoms with Crippen molar-refractivity contribution in [2.75, 3.05) is 32.7 Å². The van der Waals surface area contributed by atoms with Crippen LogP contribution in [-0.4, -0.2) is 69.7 Å². The zero-order valence-electron chi connectivity index (χ0n) is 20.5. The molecule has 8 heteroatoms. The lowest BCUT2D eigenvalue weighted by Gasteiger charge is -2.31. The monoisotopic (exact) mass is 482 g/mol. The van der Waals surface area contributed by atoms with Gasteiger partial charge in [0, 0.05) is 49.3 Å². The number of ketones is 1. The molecule has 0 aliphatic carbocycles. The van der Waals surface area contributed by atoms with Crippen LogP contribution < -0.4 is 0 Å². The number of Topliss-reactive ketones (excluding diaryl/α,β-unsaturated/α-hetero) is 1. The van der Waals surface area contributed by atoms with Crippen molar-refractivity contribution >= 4 is 17.4 Å². The van der Waals surface area contributed by atoms with Crippen molar-refractivity contribution in [3.05, 3.63) is 59.2 Å². The van der Waals surface area contributed by atoms with Crippen molar-refractivity contribution in [3.63, 3.8) is 0 Å². The third-order valence-corrected chi connectivity index (χ3v) is 7.21. The average molecular weight is 483 g/mol. The van der Waals surface area contributed by atoms with Crippen LogP contribution in [0.4, 0.5) is 4.39 Å². The Bertz CT molecular complexity index is 1050. The maximum absolute atomic E-state index is 13.2. The minimum absolute atomic E-state index is 0.00602. The van der Waals surface area contributed by atoms with Crippen molar-refractivity contribution < 1.29 is 19.2 Å². The van der Waals surface area contributed by atoms with E-state index in [1.54, 1.807) is 12.1 Å². The Balaban J connectivity index is 1.27. The van der Waals surface area contributed by atoms with Crippen LogP contribution in [0.3, 0.4) is 0 Å². The number of oxime groups is 1. The summed E-state index contributed by atoms with van der Waals surface area (Å²) in [6.07, 6.45) is 6.95. The largest absolute Gasteiger partial charge is 0.411 e. The highest BCUT2D eigenvalue weighted by atomic mass is 19.1. The van der Waals surface area contributed by atoms with Crippen LogP contribution >= 0.6 is 0 Å². The Morgan fingerprint density at radius 2 is 1.77 bits per heavy atom. The molecular formula is C27H35FN4O3. The molecule has 0 saturated carbocycles. The van der Waals surface area contributed by atoms with Crippen LogP contribution in [0.25, 0.3) is 0 Å². The van der Waals surface area contributed by atoms with Crippen molar-refractivity contribution in [1.29, 1.82) is 0 Å². The summed E-state index contributed by atoms with van der Waals surface area (Å²) in [5.41, 5.74) is 2.54. The molecule has 0 atom stereocenters. The molecular weight excluding hydrogens is 447 g/mol. The summed E-state index contributed by atoms with van der Waals surface area (Å²) in [5.74, 6) is -0.188. The molecule has 1 fully saturated rings. The minimum Gasteiger partial charge on any atom is -0.411 e. The van der Waals surface area contributed by atoms with Crippen LogP contribution in [0.1, 0.15) is 71.9 Å². The zero-order chi connectivity index (χ0) is 24.8. The summed E-state index contributed by atoms with van der Waals surface area (Å²) in [4.78, 5) is 30.1. The molecule has 4 rings (SSSR count). The van der Waals surface area contributed by atoms with E-state index in [0.29, 0.717) is 36.5 Å². The van der Waals surface area contributed by atoms with E-state index in [2.05, 4.69) is 17.0 Å². The van der Waals surface area contributed by atoms with E-state index < -0.39 is 0 Å². The summed E-state index contributed by atoms with van der Waals surface area (Å²) in [7, 11) is 0. The number of amides is 1. The summed E-state index contributed by atoms with van der Waals surface area (Å²) in [6.45, 7) is 6.79. The fraction of sp³-hybridized carbons (Fsp3) is 0.519. The van der Waals surface area contributed by atoms with E-state index in [0.717, 1.165) is 63.8 Å². The number of hydrogen-bond donors (Lipinski definition) is 1. The number of unbranched alkanes of at least 4 members (excludes halogenated alkanes) is 1. The summed E-state index contributed by atoms with van der Waals surface area (Å²) >= 11 is 0. The molecule has 0 bridgehead atoms. The van der Waals surface area contributed by atoms with Crippen molar-refractivity contribution in [3.8, 4) is 0 Å². The first-order valence-corrected chi connectivity index (χ1v) is 12.7. The number of aromatic nitrogens is 1. The van der Waals surface area contributed by atoms with Gasteiger partial charge in [-0.2, -0.15) is 0 Å². The van der Waals surface area contributed by atoms with Crippen LogP contribution in [0.15, 0.2) is 41.7 Å². The molecule has 3 heterocycles. The first-order chi connectivity index (χ1) is 17.0. The number of likely N-dealkylation sites (tertiary alicyclic amines) is 1. The molecule has 1 aromatic carbocycles. The van der Waals surface area contributed by atoms with Gasteiger partial charge < -0.3 is 19.6 Å². The summed E-state index contributed by atoms with van der Waals surface area (Å²) < 4.78 is 15.1. The number of fused-ring (bicyclic) bond motifs is 1. The number of hydrogen-bond acceptors (Lipinski definition) is 5. The maximum Gasteiger partial charge on any atom is 0.271 e. The van der Waals surface area contributed by atoms with E-state index in [9.17, 15) is 19.2 Å². The predicted molar refractivity (Wildman–Crippen MR) is 133 cm³/mol. The van der Waals surface area contributed by atoms with Gasteiger partial charge in [0.1, 0.15) is 11.5 Å². The lowest BCUT2D eigenvalue weighted by atomic mass is 9.89. The molecule has 0 spiro atoms. The second kappa shape index (κ2) is 11.6. The number of piperidine rings is 1. The van der Waals surface area contributed by atoms with Crippen molar-refractivity contribution in [1.82, 2.24) is 14.4 Å². The van der Waals surface area contributed by atoms with Crippen LogP contribution in [0.5, 0.6) is 0 Å². The highest BCUT2D eigenvalue weighted by Gasteiger charge is 2.29. The quantitative estimate of drug-likeness (QED) is 0.248. The average Bonchev–Trinajstić information content (AvgIpc) is 3.24. The Morgan fingerprint density at radius 3 is 2.46 bits per heavy atom. The van der Waals surface area contributed by atoms with Gasteiger partial charge in [0.2, 0.25) is 0 Å². The van der Waals surface area contributed by atoms with Gasteiger partial charge in [-0.1, -0.05) is 12.1 Å². The molecule has 35 heavy (non-hydrogen) atoms. The zero-order valence-corrected chi connectivity index (χ0v) is 20.5. The third kappa shape index (κ3) is 5.81. The predicted octanol–water partition coefficient (Wildman–Crippen LogP) is 4.44. The van der Waals surface area contributed by atoms with E-state index in [1.807, 2.05) is 21.7 Å². The van der Waals surface area contributed by atoms with Gasteiger partial charge in [-0.15, -0.1) is 0 Å². The van der Waals surface area contributed by atoms with Gasteiger partial charge >= 0.3 is 0 Å². The SMILES string of the molecule is CCCN1CCC(=NO)c2ccn(CCCCN3CCC(C(=O)c4ccc(F)cc4)CC3)c2C1=O. The number of halogens is 1. The molecule has 1 aromatic heterocycles. The highest BCUT2D eigenvalue weighted by molar-refractivity contribution is 6.11. The van der Waals surface area contributed by atoms with Gasteiger partial charge in [0.15, 0.2) is 5.78 Å². The molecule has 0 unspecified atom stereocenters. The Kier molecular flexibility index (Phi) is 8.33. The summed E-state index contributed by atoms with van der Waals surface area (Å²) in [5, 5.41) is 12.9. The van der Waals surface area contributed by atoms with Crippen LogP contribution in [-0.2, 0) is 6.54 Å². The van der Waals surface area contributed by atoms with Gasteiger partial charge in [-0.05, 0) is 82.1 Å². The second-order valence-corrected chi connectivity index (χ2v) is 9.55.